The molecule has 0 amide bonds. The molecule has 0 aliphatic rings. The van der Waals surface area contributed by atoms with Crippen LogP contribution in [0.1, 0.15) is 22.3 Å². The Kier molecular flexibility index (Phi) is 4.75. The highest BCUT2D eigenvalue weighted by Gasteiger charge is 2.02. The fraction of sp³-hybridized carbons (Fsp3) is 0. The molecule has 0 N–H and O–H groups in total. The molecule has 0 aromatic heterocycles. The van der Waals surface area contributed by atoms with Gasteiger partial charge in [-0.25, -0.2) is 0 Å². The van der Waals surface area contributed by atoms with Crippen LogP contribution >= 0.6 is 0 Å². The first-order valence-corrected chi connectivity index (χ1v) is 8.88. The van der Waals surface area contributed by atoms with Gasteiger partial charge in [-0.2, -0.15) is 0 Å². The van der Waals surface area contributed by atoms with Crippen molar-refractivity contribution in [3.8, 4) is 0 Å². The van der Waals surface area contributed by atoms with Crippen molar-refractivity contribution in [3.63, 3.8) is 0 Å². The van der Waals surface area contributed by atoms with Crippen LogP contribution in [0.2, 0.25) is 0 Å². The van der Waals surface area contributed by atoms with Gasteiger partial charge >= 0.3 is 0 Å². The van der Waals surface area contributed by atoms with Crippen molar-refractivity contribution >= 4 is 35.1 Å². The Bertz CT molecular complexity index is 967. The molecule has 4 aromatic rings. The van der Waals surface area contributed by atoms with Crippen LogP contribution in [0.15, 0.2) is 97.1 Å². The Morgan fingerprint density at radius 3 is 1.15 bits per heavy atom. The Morgan fingerprint density at radius 2 is 0.731 bits per heavy atom. The van der Waals surface area contributed by atoms with E-state index in [1.807, 2.05) is 12.1 Å². The van der Waals surface area contributed by atoms with Crippen molar-refractivity contribution < 1.29 is 0 Å². The molecule has 0 radical (unpaired) electrons. The van der Waals surface area contributed by atoms with Gasteiger partial charge in [0.2, 0.25) is 0 Å². The predicted octanol–water partition coefficient (Wildman–Crippen LogP) is 7.18. The van der Waals surface area contributed by atoms with E-state index in [9.17, 15) is 0 Å². The lowest BCUT2D eigenvalue weighted by Crippen LogP contribution is -1.83. The SMILES string of the molecule is C(=C/c1ccc(/C=C\c2ccccc2)c2ccccc12)/c1ccccc1. The average molecular weight is 332 g/mol. The molecule has 0 saturated heterocycles. The molecule has 0 heteroatoms. The summed E-state index contributed by atoms with van der Waals surface area (Å²) >= 11 is 0. The van der Waals surface area contributed by atoms with E-state index in [-0.39, 0.29) is 0 Å². The second-order valence-corrected chi connectivity index (χ2v) is 6.28. The molecule has 4 rings (SSSR count). The molecule has 124 valence electrons. The summed E-state index contributed by atoms with van der Waals surface area (Å²) in [5.74, 6) is 0. The van der Waals surface area contributed by atoms with Crippen LogP contribution in [-0.4, -0.2) is 0 Å². The topological polar surface area (TPSA) is 0 Å². The molecule has 0 atom stereocenters. The highest BCUT2D eigenvalue weighted by molar-refractivity contribution is 5.99. The minimum Gasteiger partial charge on any atom is -0.0622 e. The summed E-state index contributed by atoms with van der Waals surface area (Å²) in [4.78, 5) is 0. The number of benzene rings is 4. The van der Waals surface area contributed by atoms with E-state index < -0.39 is 0 Å². The van der Waals surface area contributed by atoms with E-state index in [4.69, 9.17) is 0 Å². The van der Waals surface area contributed by atoms with Gasteiger partial charge in [0.05, 0.1) is 0 Å². The first-order valence-electron chi connectivity index (χ1n) is 8.88. The van der Waals surface area contributed by atoms with E-state index in [0.717, 1.165) is 0 Å². The highest BCUT2D eigenvalue weighted by Crippen LogP contribution is 2.26. The molecule has 0 nitrogen and oxygen atoms in total. The maximum atomic E-state index is 2.20. The van der Waals surface area contributed by atoms with Gasteiger partial charge in [0.15, 0.2) is 0 Å². The lowest BCUT2D eigenvalue weighted by molar-refractivity contribution is 1.65. The monoisotopic (exact) mass is 332 g/mol. The van der Waals surface area contributed by atoms with Crippen LogP contribution in [0, 0.1) is 0 Å². The summed E-state index contributed by atoms with van der Waals surface area (Å²) in [6, 6.07) is 33.8. The quantitative estimate of drug-likeness (QED) is 0.347. The van der Waals surface area contributed by atoms with Gasteiger partial charge in [-0.15, -0.1) is 0 Å². The third-order valence-corrected chi connectivity index (χ3v) is 4.50. The van der Waals surface area contributed by atoms with E-state index in [2.05, 4.69) is 109 Å². The normalized spacial score (nSPS) is 11.5. The summed E-state index contributed by atoms with van der Waals surface area (Å²) in [6.45, 7) is 0. The van der Waals surface area contributed by atoms with Crippen LogP contribution in [0.3, 0.4) is 0 Å². The molecule has 0 saturated carbocycles. The molecule has 26 heavy (non-hydrogen) atoms. The molecule has 0 unspecified atom stereocenters. The largest absolute Gasteiger partial charge is 0.0622 e. The van der Waals surface area contributed by atoms with Gasteiger partial charge in [-0.1, -0.05) is 121 Å². The zero-order valence-corrected chi connectivity index (χ0v) is 14.5. The van der Waals surface area contributed by atoms with E-state index >= 15 is 0 Å². The summed E-state index contributed by atoms with van der Waals surface area (Å²) in [5, 5.41) is 2.55. The van der Waals surface area contributed by atoms with Crippen LogP contribution in [0.25, 0.3) is 35.1 Å². The van der Waals surface area contributed by atoms with E-state index in [1.54, 1.807) is 0 Å². The lowest BCUT2D eigenvalue weighted by Gasteiger charge is -2.06. The maximum absolute atomic E-state index is 2.20. The number of fused-ring (bicyclic) bond motifs is 1. The molecule has 0 aliphatic carbocycles. The van der Waals surface area contributed by atoms with Crippen molar-refractivity contribution in [2.75, 3.05) is 0 Å². The summed E-state index contributed by atoms with van der Waals surface area (Å²) < 4.78 is 0. The summed E-state index contributed by atoms with van der Waals surface area (Å²) in [6.07, 6.45) is 8.73. The number of rotatable bonds is 4. The first kappa shape index (κ1) is 16.1. The third kappa shape index (κ3) is 3.65. The molecule has 0 fully saturated rings. The van der Waals surface area contributed by atoms with Crippen molar-refractivity contribution in [1.29, 1.82) is 0 Å². The fourth-order valence-electron chi connectivity index (χ4n) is 3.14. The van der Waals surface area contributed by atoms with Crippen LogP contribution in [0.5, 0.6) is 0 Å². The van der Waals surface area contributed by atoms with Crippen molar-refractivity contribution in [3.05, 3.63) is 119 Å². The minimum absolute atomic E-state index is 1.21. The van der Waals surface area contributed by atoms with E-state index in [0.29, 0.717) is 0 Å². The maximum Gasteiger partial charge on any atom is -0.0105 e. The molecule has 0 aliphatic heterocycles. The Morgan fingerprint density at radius 1 is 0.346 bits per heavy atom. The number of hydrogen-bond donors (Lipinski definition) is 0. The van der Waals surface area contributed by atoms with E-state index in [1.165, 1.54) is 33.0 Å². The predicted molar refractivity (Wildman–Crippen MR) is 115 cm³/mol. The van der Waals surface area contributed by atoms with Gasteiger partial charge < -0.3 is 0 Å². The minimum atomic E-state index is 1.21. The smallest absolute Gasteiger partial charge is 0.0105 e. The van der Waals surface area contributed by atoms with Crippen LogP contribution in [-0.2, 0) is 0 Å². The third-order valence-electron chi connectivity index (χ3n) is 4.50. The standard InChI is InChI=1S/C26H20/c1-3-9-21(10-4-1)15-17-23-19-20-24(26-14-8-7-13-25(23)26)18-16-22-11-5-2-6-12-22/h1-20H/b17-15-,18-16-. The molecule has 0 heterocycles. The van der Waals surface area contributed by atoms with Crippen molar-refractivity contribution in [2.24, 2.45) is 0 Å². The fourth-order valence-corrected chi connectivity index (χ4v) is 3.14. The molecular formula is C26H20. The van der Waals surface area contributed by atoms with Crippen molar-refractivity contribution in [1.82, 2.24) is 0 Å². The summed E-state index contributed by atoms with van der Waals surface area (Å²) in [5.41, 5.74) is 4.90. The molecule has 0 spiro atoms. The second kappa shape index (κ2) is 7.67. The van der Waals surface area contributed by atoms with Gasteiger partial charge in [0, 0.05) is 0 Å². The van der Waals surface area contributed by atoms with Gasteiger partial charge in [-0.3, -0.25) is 0 Å². The van der Waals surface area contributed by atoms with Gasteiger partial charge in [0.25, 0.3) is 0 Å². The Balaban J connectivity index is 1.72. The van der Waals surface area contributed by atoms with Crippen LogP contribution < -0.4 is 0 Å². The van der Waals surface area contributed by atoms with Crippen molar-refractivity contribution in [2.45, 2.75) is 0 Å². The Hall–Kier alpha value is -3.38. The zero-order chi connectivity index (χ0) is 17.6. The number of hydrogen-bond acceptors (Lipinski definition) is 0. The molecular weight excluding hydrogens is 312 g/mol. The molecule has 0 bridgehead atoms. The van der Waals surface area contributed by atoms with Gasteiger partial charge in [0.1, 0.15) is 0 Å². The zero-order valence-electron chi connectivity index (χ0n) is 14.5. The lowest BCUT2D eigenvalue weighted by atomic mass is 9.98. The average Bonchev–Trinajstić information content (AvgIpc) is 2.72. The second-order valence-electron chi connectivity index (χ2n) is 6.28. The molecule has 4 aromatic carbocycles. The first-order chi connectivity index (χ1) is 12.9. The summed E-state index contributed by atoms with van der Waals surface area (Å²) in [7, 11) is 0. The Labute approximate surface area is 154 Å². The van der Waals surface area contributed by atoms with Gasteiger partial charge in [-0.05, 0) is 33.0 Å². The highest BCUT2D eigenvalue weighted by atomic mass is 14.1. The van der Waals surface area contributed by atoms with Crippen LogP contribution in [0.4, 0.5) is 0 Å².